The lowest BCUT2D eigenvalue weighted by molar-refractivity contribution is -0.140. The minimum Gasteiger partial charge on any atom is -0.339 e. The van der Waals surface area contributed by atoms with Gasteiger partial charge in [-0.15, -0.1) is 0 Å². The highest BCUT2D eigenvalue weighted by Gasteiger charge is 2.37. The number of benzene rings is 1. The van der Waals surface area contributed by atoms with Crippen LogP contribution in [0.5, 0.6) is 0 Å². The molecule has 1 aromatic carbocycles. The van der Waals surface area contributed by atoms with Gasteiger partial charge in [-0.05, 0) is 32.4 Å². The topological polar surface area (TPSA) is 35.6 Å². The highest BCUT2D eigenvalue weighted by Crippen LogP contribution is 2.25. The lowest BCUT2D eigenvalue weighted by Gasteiger charge is -2.47. The normalized spacial score (nSPS) is 25.4. The van der Waals surface area contributed by atoms with E-state index in [1.807, 2.05) is 0 Å². The summed E-state index contributed by atoms with van der Waals surface area (Å²) in [5.41, 5.74) is 1.37. The molecule has 0 aliphatic carbocycles. The second-order valence-corrected chi connectivity index (χ2v) is 7.17. The number of hydrogen-bond acceptors (Lipinski definition) is 3. The first kappa shape index (κ1) is 15.5. The Morgan fingerprint density at radius 3 is 2.68 bits per heavy atom. The fourth-order valence-electron chi connectivity index (χ4n) is 3.60. The second kappa shape index (κ2) is 6.39. The molecule has 2 fully saturated rings. The van der Waals surface area contributed by atoms with E-state index < -0.39 is 0 Å². The van der Waals surface area contributed by atoms with Crippen LogP contribution in [0.2, 0.25) is 0 Å². The summed E-state index contributed by atoms with van der Waals surface area (Å²) in [6, 6.07) is 10.6. The summed E-state index contributed by atoms with van der Waals surface area (Å²) in [6.07, 6.45) is 0.990. The van der Waals surface area contributed by atoms with Gasteiger partial charge >= 0.3 is 0 Å². The zero-order valence-corrected chi connectivity index (χ0v) is 13.7. The van der Waals surface area contributed by atoms with Crippen molar-refractivity contribution in [3.8, 4) is 0 Å². The Morgan fingerprint density at radius 1 is 1.27 bits per heavy atom. The van der Waals surface area contributed by atoms with Crippen molar-refractivity contribution in [1.82, 2.24) is 15.1 Å². The Balaban J connectivity index is 1.63. The third kappa shape index (κ3) is 3.33. The summed E-state index contributed by atoms with van der Waals surface area (Å²) in [6.45, 7) is 9.93. The number of carbonyl (C=O) groups is 1. The van der Waals surface area contributed by atoms with Crippen LogP contribution in [0.4, 0.5) is 0 Å². The minimum absolute atomic E-state index is 0.0236. The summed E-state index contributed by atoms with van der Waals surface area (Å²) in [5.74, 6) is 0.536. The van der Waals surface area contributed by atoms with Gasteiger partial charge < -0.3 is 10.2 Å². The average Bonchev–Trinajstić information content (AvgIpc) is 3.03. The fraction of sp³-hybridized carbons (Fsp3) is 0.611. The van der Waals surface area contributed by atoms with E-state index in [1.165, 1.54) is 5.56 Å². The van der Waals surface area contributed by atoms with E-state index in [-0.39, 0.29) is 11.5 Å². The number of hydrogen-bond donors (Lipinski definition) is 1. The zero-order valence-electron chi connectivity index (χ0n) is 13.7. The van der Waals surface area contributed by atoms with Gasteiger partial charge in [0.1, 0.15) is 0 Å². The van der Waals surface area contributed by atoms with Crippen molar-refractivity contribution < 1.29 is 4.79 Å². The monoisotopic (exact) mass is 301 g/mol. The largest absolute Gasteiger partial charge is 0.339 e. The Bertz CT molecular complexity index is 508. The molecule has 1 atom stereocenters. The van der Waals surface area contributed by atoms with Gasteiger partial charge in [-0.2, -0.15) is 0 Å². The van der Waals surface area contributed by atoms with E-state index in [0.29, 0.717) is 5.91 Å². The molecular formula is C18H27N3O. The summed E-state index contributed by atoms with van der Waals surface area (Å²) in [4.78, 5) is 17.2. The maximum absolute atomic E-state index is 12.6. The van der Waals surface area contributed by atoms with Gasteiger partial charge in [-0.1, -0.05) is 30.3 Å². The average molecular weight is 301 g/mol. The second-order valence-electron chi connectivity index (χ2n) is 7.17. The van der Waals surface area contributed by atoms with Crippen LogP contribution >= 0.6 is 0 Å². The summed E-state index contributed by atoms with van der Waals surface area (Å²) in [5, 5.41) is 3.30. The molecule has 2 aliphatic heterocycles. The van der Waals surface area contributed by atoms with Crippen molar-refractivity contribution in [3.63, 3.8) is 0 Å². The highest BCUT2D eigenvalue weighted by molar-refractivity contribution is 5.79. The number of amides is 1. The summed E-state index contributed by atoms with van der Waals surface area (Å²) < 4.78 is 0. The van der Waals surface area contributed by atoms with Crippen LogP contribution in [0.15, 0.2) is 30.3 Å². The van der Waals surface area contributed by atoms with Gasteiger partial charge in [-0.3, -0.25) is 9.69 Å². The first-order valence-electron chi connectivity index (χ1n) is 8.35. The molecule has 1 aromatic rings. The molecular weight excluding hydrogens is 274 g/mol. The van der Waals surface area contributed by atoms with Gasteiger partial charge in [0.25, 0.3) is 0 Å². The van der Waals surface area contributed by atoms with Crippen LogP contribution in [0.25, 0.3) is 0 Å². The third-order valence-corrected chi connectivity index (χ3v) is 5.01. The lowest BCUT2D eigenvalue weighted by Crippen LogP contribution is -2.60. The molecule has 2 heterocycles. The van der Waals surface area contributed by atoms with E-state index >= 15 is 0 Å². The van der Waals surface area contributed by atoms with Crippen molar-refractivity contribution in [2.45, 2.75) is 32.4 Å². The molecule has 4 nitrogen and oxygen atoms in total. The molecule has 4 heteroatoms. The quantitative estimate of drug-likeness (QED) is 0.923. The van der Waals surface area contributed by atoms with Gasteiger partial charge in [0.15, 0.2) is 0 Å². The Morgan fingerprint density at radius 2 is 2.05 bits per heavy atom. The van der Waals surface area contributed by atoms with E-state index in [4.69, 9.17) is 0 Å². The molecule has 0 bridgehead atoms. The van der Waals surface area contributed by atoms with E-state index in [0.717, 1.165) is 45.7 Å². The third-order valence-electron chi connectivity index (χ3n) is 5.01. The maximum Gasteiger partial charge on any atom is 0.227 e. The standard InChI is InChI=1S/C18H27N3O/c1-18(2)14-20(17(22)16-8-9-19-12-16)10-11-21(18)13-15-6-4-3-5-7-15/h3-7,16,19H,8-14H2,1-2H3. The number of nitrogens with one attached hydrogen (secondary N) is 1. The molecule has 3 rings (SSSR count). The predicted molar refractivity (Wildman–Crippen MR) is 88.5 cm³/mol. The van der Waals surface area contributed by atoms with E-state index in [9.17, 15) is 4.79 Å². The summed E-state index contributed by atoms with van der Waals surface area (Å²) >= 11 is 0. The van der Waals surface area contributed by atoms with Crippen LogP contribution in [0, 0.1) is 5.92 Å². The van der Waals surface area contributed by atoms with Crippen LogP contribution in [0.3, 0.4) is 0 Å². The lowest BCUT2D eigenvalue weighted by atomic mass is 9.96. The number of rotatable bonds is 3. The molecule has 120 valence electrons. The number of carbonyl (C=O) groups excluding carboxylic acids is 1. The number of nitrogens with zero attached hydrogens (tertiary/aromatic N) is 2. The van der Waals surface area contributed by atoms with E-state index in [1.54, 1.807) is 0 Å². The van der Waals surface area contributed by atoms with Crippen molar-refractivity contribution in [2.75, 3.05) is 32.7 Å². The smallest absolute Gasteiger partial charge is 0.227 e. The molecule has 22 heavy (non-hydrogen) atoms. The zero-order chi connectivity index (χ0) is 15.6. The fourth-order valence-corrected chi connectivity index (χ4v) is 3.60. The van der Waals surface area contributed by atoms with Gasteiger partial charge in [-0.25, -0.2) is 0 Å². The molecule has 2 aliphatic rings. The van der Waals surface area contributed by atoms with Crippen molar-refractivity contribution in [1.29, 1.82) is 0 Å². The van der Waals surface area contributed by atoms with Gasteiger partial charge in [0, 0.05) is 38.3 Å². The maximum atomic E-state index is 12.6. The summed E-state index contributed by atoms with van der Waals surface area (Å²) in [7, 11) is 0. The SMILES string of the molecule is CC1(C)CN(C(=O)C2CCNC2)CCN1Cc1ccccc1. The van der Waals surface area contributed by atoms with Crippen LogP contribution in [-0.2, 0) is 11.3 Å². The molecule has 2 saturated heterocycles. The molecule has 0 aromatic heterocycles. The molecule has 0 spiro atoms. The molecule has 1 amide bonds. The molecule has 0 radical (unpaired) electrons. The van der Waals surface area contributed by atoms with Crippen molar-refractivity contribution >= 4 is 5.91 Å². The van der Waals surface area contributed by atoms with Crippen LogP contribution in [-0.4, -0.2) is 54.0 Å². The van der Waals surface area contributed by atoms with Crippen LogP contribution in [0.1, 0.15) is 25.8 Å². The first-order chi connectivity index (χ1) is 10.6. The van der Waals surface area contributed by atoms with Gasteiger partial charge in [0.05, 0.1) is 5.92 Å². The minimum atomic E-state index is 0.0236. The van der Waals surface area contributed by atoms with Crippen molar-refractivity contribution in [2.24, 2.45) is 5.92 Å². The van der Waals surface area contributed by atoms with Crippen molar-refractivity contribution in [3.05, 3.63) is 35.9 Å². The molecule has 1 unspecified atom stereocenters. The highest BCUT2D eigenvalue weighted by atomic mass is 16.2. The van der Waals surface area contributed by atoms with Crippen LogP contribution < -0.4 is 5.32 Å². The Kier molecular flexibility index (Phi) is 4.50. The first-order valence-corrected chi connectivity index (χ1v) is 8.35. The Labute approximate surface area is 133 Å². The van der Waals surface area contributed by atoms with Gasteiger partial charge in [0.2, 0.25) is 5.91 Å². The Hall–Kier alpha value is -1.39. The number of piperazine rings is 1. The molecule has 0 saturated carbocycles. The van der Waals surface area contributed by atoms with E-state index in [2.05, 4.69) is 59.3 Å². The predicted octanol–water partition coefficient (Wildman–Crippen LogP) is 1.72. The molecule has 1 N–H and O–H groups in total.